The maximum Gasteiger partial charge on any atom is 0.346 e. The van der Waals surface area contributed by atoms with Gasteiger partial charge < -0.3 is 5.11 Å². The highest BCUT2D eigenvalue weighted by Crippen LogP contribution is 2.44. The number of nitrogens with zero attached hydrogens (tertiary/aromatic N) is 4. The second kappa shape index (κ2) is 9.27. The number of fused-ring (bicyclic) bond motifs is 1. The summed E-state index contributed by atoms with van der Waals surface area (Å²) in [5, 5.41) is 19.0. The molecule has 0 aliphatic heterocycles. The van der Waals surface area contributed by atoms with Crippen molar-refractivity contribution in [1.29, 1.82) is 5.26 Å². The fraction of sp³-hybridized carbons (Fsp3) is 0. The van der Waals surface area contributed by atoms with E-state index in [9.17, 15) is 4.79 Å². The van der Waals surface area contributed by atoms with Gasteiger partial charge in [0.25, 0.3) is 0 Å². The van der Waals surface area contributed by atoms with Gasteiger partial charge in [-0.15, -0.1) is 22.7 Å². The van der Waals surface area contributed by atoms with Gasteiger partial charge in [0.2, 0.25) is 0 Å². The molecule has 0 saturated heterocycles. The van der Waals surface area contributed by atoms with Crippen LogP contribution in [0, 0.1) is 11.3 Å². The Kier molecular flexibility index (Phi) is 5.87. The first-order chi connectivity index (χ1) is 16.6. The molecule has 0 aliphatic carbocycles. The smallest absolute Gasteiger partial charge is 0.346 e. The second-order valence-electron chi connectivity index (χ2n) is 7.23. The largest absolute Gasteiger partial charge is 0.477 e. The van der Waals surface area contributed by atoms with E-state index in [1.165, 1.54) is 6.08 Å². The molecule has 0 amide bonds. The maximum atomic E-state index is 11.1. The Morgan fingerprint density at radius 1 is 0.912 bits per heavy atom. The minimum Gasteiger partial charge on any atom is -0.477 e. The summed E-state index contributed by atoms with van der Waals surface area (Å²) in [6.07, 6.45) is 4.91. The van der Waals surface area contributed by atoms with Crippen LogP contribution in [0.3, 0.4) is 0 Å². The van der Waals surface area contributed by atoms with Crippen molar-refractivity contribution in [2.24, 2.45) is 0 Å². The van der Waals surface area contributed by atoms with Gasteiger partial charge >= 0.3 is 5.97 Å². The van der Waals surface area contributed by atoms with Gasteiger partial charge in [0.05, 0.1) is 0 Å². The van der Waals surface area contributed by atoms with E-state index in [2.05, 4.69) is 22.1 Å². The minimum atomic E-state index is -1.23. The zero-order valence-electron chi connectivity index (χ0n) is 17.6. The van der Waals surface area contributed by atoms with Gasteiger partial charge in [-0.3, -0.25) is 4.90 Å². The molecule has 0 bridgehead atoms. The van der Waals surface area contributed by atoms with Gasteiger partial charge in [0, 0.05) is 26.7 Å². The van der Waals surface area contributed by atoms with E-state index in [0.29, 0.717) is 5.56 Å². The number of carboxylic acid groups (broad SMARTS) is 1. The monoisotopic (exact) mass is 480 g/mol. The van der Waals surface area contributed by atoms with Gasteiger partial charge in [-0.1, -0.05) is 36.4 Å². The van der Waals surface area contributed by atoms with Gasteiger partial charge in [-0.2, -0.15) is 5.26 Å². The zero-order valence-corrected chi connectivity index (χ0v) is 19.3. The van der Waals surface area contributed by atoms with Crippen LogP contribution in [0.15, 0.2) is 90.8 Å². The number of nitriles is 1. The molecule has 0 atom stereocenters. The lowest BCUT2D eigenvalue weighted by Gasteiger charge is -2.20. The number of aliphatic carboxylic acids is 1. The van der Waals surface area contributed by atoms with Crippen molar-refractivity contribution < 1.29 is 9.90 Å². The first-order valence-electron chi connectivity index (χ1n) is 10.2. The van der Waals surface area contributed by atoms with E-state index in [1.807, 2.05) is 65.6 Å². The van der Waals surface area contributed by atoms with Crippen molar-refractivity contribution >= 4 is 60.8 Å². The lowest BCUT2D eigenvalue weighted by atomic mass is 10.1. The molecule has 1 N–H and O–H groups in total. The lowest BCUT2D eigenvalue weighted by Crippen LogP contribution is -2.11. The Bertz CT molecular complexity index is 1460. The molecule has 0 spiro atoms. The van der Waals surface area contributed by atoms with E-state index < -0.39 is 5.97 Å². The van der Waals surface area contributed by atoms with Gasteiger partial charge in [-0.25, -0.2) is 14.8 Å². The van der Waals surface area contributed by atoms with E-state index in [-0.39, 0.29) is 5.57 Å². The summed E-state index contributed by atoms with van der Waals surface area (Å²) in [6, 6.07) is 25.2. The number of rotatable bonds is 6. The van der Waals surface area contributed by atoms with Crippen molar-refractivity contribution in [2.45, 2.75) is 0 Å². The summed E-state index contributed by atoms with van der Waals surface area (Å²) in [7, 11) is 0. The number of carbonyl (C=O) groups is 1. The van der Waals surface area contributed by atoms with Crippen LogP contribution in [0.5, 0.6) is 0 Å². The first kappa shape index (κ1) is 21.5. The Morgan fingerprint density at radius 3 is 2.09 bits per heavy atom. The molecule has 0 unspecified atom stereocenters. The van der Waals surface area contributed by atoms with E-state index in [1.54, 1.807) is 41.1 Å². The predicted octanol–water partition coefficient (Wildman–Crippen LogP) is 6.88. The molecule has 4 aromatic heterocycles. The van der Waals surface area contributed by atoms with E-state index in [4.69, 9.17) is 10.4 Å². The van der Waals surface area contributed by atoms with Crippen LogP contribution in [0.25, 0.3) is 25.9 Å². The number of hydrogen-bond acceptors (Lipinski definition) is 7. The molecular weight excluding hydrogens is 464 g/mol. The van der Waals surface area contributed by atoms with Gasteiger partial charge in [0.1, 0.15) is 28.3 Å². The number of aromatic nitrogens is 2. The first-order valence-corrected chi connectivity index (χ1v) is 11.9. The van der Waals surface area contributed by atoms with Gasteiger partial charge in [-0.05, 0) is 53.6 Å². The third kappa shape index (κ3) is 4.30. The highest BCUT2D eigenvalue weighted by Gasteiger charge is 2.18. The van der Waals surface area contributed by atoms with E-state index in [0.717, 1.165) is 36.5 Å². The molecule has 34 heavy (non-hydrogen) atoms. The molecule has 164 valence electrons. The Hall–Kier alpha value is -4.32. The molecular formula is C26H16N4O2S2. The SMILES string of the molecule is N#C/C(=C/c1ccc(-c2cc3sc(N(c4ccccn4)c4ccccn4)cc3s2)cc1)C(=O)O. The molecule has 0 saturated carbocycles. The fourth-order valence-corrected chi connectivity index (χ4v) is 5.86. The predicted molar refractivity (Wildman–Crippen MR) is 137 cm³/mol. The lowest BCUT2D eigenvalue weighted by molar-refractivity contribution is -0.132. The molecule has 5 aromatic rings. The number of anilines is 3. The summed E-state index contributed by atoms with van der Waals surface area (Å²) in [4.78, 5) is 23.3. The zero-order chi connectivity index (χ0) is 23.5. The molecule has 8 heteroatoms. The number of hydrogen-bond donors (Lipinski definition) is 1. The average Bonchev–Trinajstić information content (AvgIpc) is 3.44. The molecule has 0 fully saturated rings. The van der Waals surface area contributed by atoms with Crippen LogP contribution in [0.1, 0.15) is 5.56 Å². The van der Waals surface area contributed by atoms with Crippen LogP contribution >= 0.6 is 22.7 Å². The summed E-state index contributed by atoms with van der Waals surface area (Å²) >= 11 is 3.36. The van der Waals surface area contributed by atoms with Crippen molar-refractivity contribution in [2.75, 3.05) is 4.90 Å². The Labute approximate surface area is 203 Å². The number of carboxylic acids is 1. The number of benzene rings is 1. The Balaban J connectivity index is 1.47. The van der Waals surface area contributed by atoms with Crippen molar-refractivity contribution in [3.8, 4) is 16.5 Å². The summed E-state index contributed by atoms with van der Waals surface area (Å²) < 4.78 is 2.32. The quantitative estimate of drug-likeness (QED) is 0.210. The summed E-state index contributed by atoms with van der Waals surface area (Å²) in [5.41, 5.74) is 1.42. The topological polar surface area (TPSA) is 90.1 Å². The average molecular weight is 481 g/mol. The summed E-state index contributed by atoms with van der Waals surface area (Å²) in [5.74, 6) is 0.375. The molecule has 1 aromatic carbocycles. The fourth-order valence-electron chi connectivity index (χ4n) is 3.44. The number of thiophene rings is 2. The molecule has 4 heterocycles. The van der Waals surface area contributed by atoms with Crippen LogP contribution in [0.4, 0.5) is 16.6 Å². The molecule has 0 radical (unpaired) electrons. The van der Waals surface area contributed by atoms with E-state index >= 15 is 0 Å². The third-order valence-corrected chi connectivity index (χ3v) is 7.36. The van der Waals surface area contributed by atoms with Crippen molar-refractivity contribution in [1.82, 2.24) is 9.97 Å². The highest BCUT2D eigenvalue weighted by molar-refractivity contribution is 7.31. The normalized spacial score (nSPS) is 11.3. The minimum absolute atomic E-state index is 0.290. The van der Waals surface area contributed by atoms with Crippen molar-refractivity contribution in [3.05, 3.63) is 96.3 Å². The molecule has 0 aliphatic rings. The standard InChI is InChI=1S/C26H16N4O2S2/c27-16-19(26(31)32)13-17-7-9-18(10-8-17)20-14-21-22(33-20)15-25(34-21)30(23-5-1-3-11-28-23)24-6-2-4-12-29-24/h1-15H,(H,31,32)/b19-13-. The molecule has 6 nitrogen and oxygen atoms in total. The van der Waals surface area contributed by atoms with Crippen molar-refractivity contribution in [3.63, 3.8) is 0 Å². The second-order valence-corrected chi connectivity index (χ2v) is 9.38. The third-order valence-electron chi connectivity index (χ3n) is 5.03. The maximum absolute atomic E-state index is 11.1. The van der Waals surface area contributed by atoms with Crippen LogP contribution in [-0.2, 0) is 4.79 Å². The van der Waals surface area contributed by atoms with Crippen LogP contribution in [0.2, 0.25) is 0 Å². The highest BCUT2D eigenvalue weighted by atomic mass is 32.1. The summed E-state index contributed by atoms with van der Waals surface area (Å²) in [6.45, 7) is 0. The molecule has 5 rings (SSSR count). The number of pyridine rings is 2. The van der Waals surface area contributed by atoms with Crippen LogP contribution < -0.4 is 4.90 Å². The van der Waals surface area contributed by atoms with Crippen LogP contribution in [-0.4, -0.2) is 21.0 Å². The van der Waals surface area contributed by atoms with Gasteiger partial charge in [0.15, 0.2) is 0 Å². The Morgan fingerprint density at radius 2 is 1.56 bits per heavy atom.